The van der Waals surface area contributed by atoms with Gasteiger partial charge in [-0.3, -0.25) is 0 Å². The Balaban J connectivity index is 2.10. The van der Waals surface area contributed by atoms with E-state index in [-0.39, 0.29) is 23.8 Å². The molecule has 0 radical (unpaired) electrons. The molecule has 0 bridgehead atoms. The predicted molar refractivity (Wildman–Crippen MR) is 62.3 cm³/mol. The first-order valence-electron chi connectivity index (χ1n) is 5.99. The molecule has 94 valence electrons. The molecule has 1 atom stereocenters. The quantitative estimate of drug-likeness (QED) is 0.852. The molecule has 1 aromatic carbocycles. The normalized spacial score (nSPS) is 21.4. The van der Waals surface area contributed by atoms with Crippen LogP contribution in [0.5, 0.6) is 5.75 Å². The van der Waals surface area contributed by atoms with Crippen molar-refractivity contribution in [3.63, 3.8) is 0 Å². The van der Waals surface area contributed by atoms with Gasteiger partial charge in [-0.25, -0.2) is 8.78 Å². The Labute approximate surface area is 99.7 Å². The molecule has 1 aliphatic heterocycles. The molecule has 0 amide bonds. The Hall–Kier alpha value is -1.16. The summed E-state index contributed by atoms with van der Waals surface area (Å²) in [5, 5.41) is 12.6. The minimum Gasteiger partial charge on any atom is -0.507 e. The third kappa shape index (κ3) is 2.94. The summed E-state index contributed by atoms with van der Waals surface area (Å²) in [6.45, 7) is 0.807. The third-order valence-corrected chi connectivity index (χ3v) is 3.21. The van der Waals surface area contributed by atoms with Crippen molar-refractivity contribution in [1.82, 2.24) is 5.32 Å². The number of alkyl halides is 2. The van der Waals surface area contributed by atoms with Crippen molar-refractivity contribution in [1.29, 1.82) is 0 Å². The maximum absolute atomic E-state index is 14.0. The number of rotatable bonds is 3. The van der Waals surface area contributed by atoms with E-state index in [0.717, 1.165) is 25.8 Å². The zero-order chi connectivity index (χ0) is 12.3. The molecule has 0 saturated carbocycles. The van der Waals surface area contributed by atoms with Gasteiger partial charge in [0, 0.05) is 12.5 Å². The monoisotopic (exact) mass is 241 g/mol. The molecular weight excluding hydrogens is 224 g/mol. The van der Waals surface area contributed by atoms with Crippen LogP contribution in [-0.2, 0) is 5.92 Å². The van der Waals surface area contributed by atoms with Crippen LogP contribution in [0.2, 0.25) is 0 Å². The summed E-state index contributed by atoms with van der Waals surface area (Å²) in [7, 11) is 0. The zero-order valence-corrected chi connectivity index (χ0v) is 9.63. The molecule has 1 unspecified atom stereocenters. The van der Waals surface area contributed by atoms with Crippen LogP contribution in [0.3, 0.4) is 0 Å². The van der Waals surface area contributed by atoms with Crippen molar-refractivity contribution in [2.24, 2.45) is 0 Å². The van der Waals surface area contributed by atoms with Crippen molar-refractivity contribution in [3.05, 3.63) is 29.8 Å². The topological polar surface area (TPSA) is 32.3 Å². The van der Waals surface area contributed by atoms with Crippen molar-refractivity contribution in [2.75, 3.05) is 6.54 Å². The fourth-order valence-electron chi connectivity index (χ4n) is 2.30. The van der Waals surface area contributed by atoms with Crippen LogP contribution < -0.4 is 5.32 Å². The van der Waals surface area contributed by atoms with Crippen molar-refractivity contribution in [3.8, 4) is 5.75 Å². The highest BCUT2D eigenvalue weighted by atomic mass is 19.3. The van der Waals surface area contributed by atoms with Crippen molar-refractivity contribution in [2.45, 2.75) is 37.6 Å². The number of para-hydroxylation sites is 1. The minimum atomic E-state index is -2.97. The molecule has 1 fully saturated rings. The number of benzene rings is 1. The predicted octanol–water partition coefficient (Wildman–Crippen LogP) is 3.02. The highest BCUT2D eigenvalue weighted by Gasteiger charge is 2.37. The summed E-state index contributed by atoms with van der Waals surface area (Å²) < 4.78 is 28.0. The lowest BCUT2D eigenvalue weighted by Gasteiger charge is -2.28. The van der Waals surface area contributed by atoms with E-state index in [1.807, 2.05) is 0 Å². The molecular formula is C13H17F2NO. The molecule has 0 aromatic heterocycles. The largest absolute Gasteiger partial charge is 0.507 e. The first kappa shape index (κ1) is 12.3. The molecule has 1 aromatic rings. The standard InChI is InChI=1S/C13H17F2NO/c14-13(15,9-10-5-3-4-8-16-10)11-6-1-2-7-12(11)17/h1-2,6-7,10,16-17H,3-5,8-9H2. The highest BCUT2D eigenvalue weighted by Crippen LogP contribution is 2.38. The van der Waals surface area contributed by atoms with E-state index in [2.05, 4.69) is 5.32 Å². The van der Waals surface area contributed by atoms with Gasteiger partial charge in [0.05, 0.1) is 5.56 Å². The molecule has 0 aliphatic carbocycles. The average molecular weight is 241 g/mol. The number of hydrogen-bond donors (Lipinski definition) is 2. The average Bonchev–Trinajstić information content (AvgIpc) is 2.30. The van der Waals surface area contributed by atoms with Gasteiger partial charge in [0.25, 0.3) is 5.92 Å². The van der Waals surface area contributed by atoms with E-state index >= 15 is 0 Å². The zero-order valence-electron chi connectivity index (χ0n) is 9.63. The SMILES string of the molecule is Oc1ccccc1C(F)(F)CC1CCCCN1. The third-order valence-electron chi connectivity index (χ3n) is 3.21. The van der Waals surface area contributed by atoms with Crippen molar-refractivity contribution >= 4 is 0 Å². The van der Waals surface area contributed by atoms with Crippen LogP contribution in [0, 0.1) is 0 Å². The van der Waals surface area contributed by atoms with Crippen LogP contribution in [0.15, 0.2) is 24.3 Å². The van der Waals surface area contributed by atoms with E-state index in [9.17, 15) is 13.9 Å². The lowest BCUT2D eigenvalue weighted by atomic mass is 9.95. The van der Waals surface area contributed by atoms with Crippen LogP contribution in [0.25, 0.3) is 0 Å². The Morgan fingerprint density at radius 2 is 2.06 bits per heavy atom. The number of aromatic hydroxyl groups is 1. The molecule has 2 rings (SSSR count). The Bertz CT molecular complexity index is 375. The summed E-state index contributed by atoms with van der Waals surface area (Å²) in [6.07, 6.45) is 2.58. The van der Waals surface area contributed by atoms with Gasteiger partial charge in [-0.2, -0.15) is 0 Å². The number of piperidine rings is 1. The Morgan fingerprint density at radius 1 is 1.29 bits per heavy atom. The van der Waals surface area contributed by atoms with Gasteiger partial charge in [-0.15, -0.1) is 0 Å². The fraction of sp³-hybridized carbons (Fsp3) is 0.538. The van der Waals surface area contributed by atoms with Gasteiger partial charge in [0.1, 0.15) is 5.75 Å². The van der Waals surface area contributed by atoms with Crippen LogP contribution in [-0.4, -0.2) is 17.7 Å². The number of hydrogen-bond acceptors (Lipinski definition) is 2. The van der Waals surface area contributed by atoms with Crippen molar-refractivity contribution < 1.29 is 13.9 Å². The lowest BCUT2D eigenvalue weighted by molar-refractivity contribution is -0.0271. The van der Waals surface area contributed by atoms with E-state index < -0.39 is 5.92 Å². The van der Waals surface area contributed by atoms with E-state index in [1.165, 1.54) is 18.2 Å². The van der Waals surface area contributed by atoms with Gasteiger partial charge in [0.15, 0.2) is 0 Å². The van der Waals surface area contributed by atoms with Gasteiger partial charge in [-0.05, 0) is 31.5 Å². The van der Waals surface area contributed by atoms with Gasteiger partial charge >= 0.3 is 0 Å². The smallest absolute Gasteiger partial charge is 0.278 e. The molecule has 2 nitrogen and oxygen atoms in total. The second-order valence-electron chi connectivity index (χ2n) is 4.57. The van der Waals surface area contributed by atoms with E-state index in [1.54, 1.807) is 6.07 Å². The van der Waals surface area contributed by atoms with E-state index in [0.29, 0.717) is 0 Å². The first-order chi connectivity index (χ1) is 8.09. The summed E-state index contributed by atoms with van der Waals surface area (Å²) >= 11 is 0. The summed E-state index contributed by atoms with van der Waals surface area (Å²) in [5.41, 5.74) is -0.271. The molecule has 1 saturated heterocycles. The molecule has 2 N–H and O–H groups in total. The maximum atomic E-state index is 14.0. The Kier molecular flexibility index (Phi) is 3.62. The van der Waals surface area contributed by atoms with Crippen LogP contribution >= 0.6 is 0 Å². The van der Waals surface area contributed by atoms with Crippen LogP contribution in [0.1, 0.15) is 31.2 Å². The summed E-state index contributed by atoms with van der Waals surface area (Å²) in [5.74, 6) is -3.30. The molecule has 0 spiro atoms. The fourth-order valence-corrected chi connectivity index (χ4v) is 2.30. The van der Waals surface area contributed by atoms with E-state index in [4.69, 9.17) is 0 Å². The number of phenols is 1. The molecule has 1 aliphatic rings. The second kappa shape index (κ2) is 5.00. The first-order valence-corrected chi connectivity index (χ1v) is 5.99. The number of phenolic OH excluding ortho intramolecular Hbond substituents is 1. The van der Waals surface area contributed by atoms with Crippen LogP contribution in [0.4, 0.5) is 8.78 Å². The van der Waals surface area contributed by atoms with Gasteiger partial charge < -0.3 is 10.4 Å². The van der Waals surface area contributed by atoms with Gasteiger partial charge in [0.2, 0.25) is 0 Å². The second-order valence-corrected chi connectivity index (χ2v) is 4.57. The lowest BCUT2D eigenvalue weighted by Crippen LogP contribution is -2.38. The minimum absolute atomic E-state index is 0.154. The highest BCUT2D eigenvalue weighted by molar-refractivity contribution is 5.35. The summed E-state index contributed by atoms with van der Waals surface area (Å²) in [4.78, 5) is 0. The Morgan fingerprint density at radius 3 is 2.71 bits per heavy atom. The summed E-state index contributed by atoms with van der Waals surface area (Å²) in [6, 6.07) is 5.51. The number of halogens is 2. The molecule has 1 heterocycles. The molecule has 17 heavy (non-hydrogen) atoms. The maximum Gasteiger partial charge on any atom is 0.278 e. The number of nitrogens with one attached hydrogen (secondary N) is 1. The van der Waals surface area contributed by atoms with Gasteiger partial charge in [-0.1, -0.05) is 18.6 Å². The molecule has 4 heteroatoms.